The van der Waals surface area contributed by atoms with Crippen molar-refractivity contribution in [3.05, 3.63) is 0 Å². The van der Waals surface area contributed by atoms with Gasteiger partial charge >= 0.3 is 23.9 Å². The largest absolute Gasteiger partial charge is 0.480 e. The summed E-state index contributed by atoms with van der Waals surface area (Å²) in [6, 6.07) is 0. The van der Waals surface area contributed by atoms with Gasteiger partial charge in [-0.1, -0.05) is 0 Å². The summed E-state index contributed by atoms with van der Waals surface area (Å²) < 4.78 is 0. The molecule has 0 aromatic carbocycles. The van der Waals surface area contributed by atoms with Gasteiger partial charge in [0.25, 0.3) is 0 Å². The second-order valence-corrected chi connectivity index (χ2v) is 4.00. The van der Waals surface area contributed by atoms with Gasteiger partial charge in [0.05, 0.1) is 26.2 Å². The Kier molecular flexibility index (Phi) is 20.3. The molecule has 23 heavy (non-hydrogen) atoms. The van der Waals surface area contributed by atoms with Crippen LogP contribution in [-0.4, -0.2) is 93.4 Å². The Bertz CT molecular complexity index is 328. The van der Waals surface area contributed by atoms with E-state index in [1.54, 1.807) is 0 Å². The Labute approximate surface area is 153 Å². The van der Waals surface area contributed by atoms with Crippen LogP contribution in [0.4, 0.5) is 0 Å². The molecule has 0 spiro atoms. The van der Waals surface area contributed by atoms with E-state index in [1.165, 1.54) is 0 Å². The molecule has 13 heteroatoms. The minimum Gasteiger partial charge on any atom is -0.480 e. The zero-order chi connectivity index (χ0) is 15.7. The van der Waals surface area contributed by atoms with E-state index in [9.17, 15) is 19.2 Å². The van der Waals surface area contributed by atoms with Crippen molar-refractivity contribution in [3.63, 3.8) is 0 Å². The van der Waals surface area contributed by atoms with E-state index in [4.69, 9.17) is 20.4 Å². The summed E-state index contributed by atoms with van der Waals surface area (Å²) in [5, 5.41) is 34.5. The summed E-state index contributed by atoms with van der Waals surface area (Å²) in [5.74, 6) is -4.91. The zero-order valence-electron chi connectivity index (χ0n) is 12.0. The first kappa shape index (κ1) is 29.8. The van der Waals surface area contributed by atoms with E-state index in [-0.39, 0.29) is 53.4 Å². The third-order valence-corrected chi connectivity index (χ3v) is 2.17. The maximum absolute atomic E-state index is 10.6. The SMILES string of the molecule is N.O=C(O)CN(CCN(CC(=O)O)CC(=O)O)CC(=O)O.[Fe].[Fe]. The summed E-state index contributed by atoms with van der Waals surface area (Å²) in [5.41, 5.74) is 0. The van der Waals surface area contributed by atoms with Gasteiger partial charge < -0.3 is 26.6 Å². The summed E-state index contributed by atoms with van der Waals surface area (Å²) in [4.78, 5) is 44.4. The molecule has 0 aliphatic heterocycles. The monoisotopic (exact) mass is 421 g/mol. The van der Waals surface area contributed by atoms with Crippen molar-refractivity contribution in [1.29, 1.82) is 0 Å². The molecule has 11 nitrogen and oxygen atoms in total. The Hall–Kier alpha value is -1.20. The first-order valence-electron chi connectivity index (χ1n) is 5.52. The maximum atomic E-state index is 10.6. The average molecular weight is 421 g/mol. The van der Waals surface area contributed by atoms with E-state index in [1.807, 2.05) is 0 Å². The third-order valence-electron chi connectivity index (χ3n) is 2.17. The fourth-order valence-corrected chi connectivity index (χ4v) is 1.48. The molecule has 0 radical (unpaired) electrons. The maximum Gasteiger partial charge on any atom is 0.317 e. The molecule has 138 valence electrons. The molecular formula is C10H19Fe2N3O8. The number of hydrogen-bond acceptors (Lipinski definition) is 7. The van der Waals surface area contributed by atoms with Gasteiger partial charge in [0.1, 0.15) is 0 Å². The number of nitrogens with zero attached hydrogens (tertiary/aromatic N) is 2. The van der Waals surface area contributed by atoms with Gasteiger partial charge in [0.15, 0.2) is 0 Å². The van der Waals surface area contributed by atoms with Crippen molar-refractivity contribution in [3.8, 4) is 0 Å². The molecule has 0 aliphatic rings. The van der Waals surface area contributed by atoms with Crippen molar-refractivity contribution in [1.82, 2.24) is 16.0 Å². The second-order valence-electron chi connectivity index (χ2n) is 4.00. The molecule has 0 saturated heterocycles. The predicted octanol–water partition coefficient (Wildman–Crippen LogP) is -1.91. The van der Waals surface area contributed by atoms with Gasteiger partial charge in [-0.05, 0) is 0 Å². The van der Waals surface area contributed by atoms with Gasteiger partial charge in [0.2, 0.25) is 0 Å². The molecule has 0 rings (SSSR count). The number of hydrogen-bond donors (Lipinski definition) is 5. The second kappa shape index (κ2) is 15.7. The number of rotatable bonds is 11. The van der Waals surface area contributed by atoms with Crippen LogP contribution in [0.1, 0.15) is 0 Å². The first-order chi connectivity index (χ1) is 9.20. The van der Waals surface area contributed by atoms with E-state index < -0.39 is 50.1 Å². The summed E-state index contributed by atoms with van der Waals surface area (Å²) >= 11 is 0. The van der Waals surface area contributed by atoms with Crippen LogP contribution in [0, 0.1) is 0 Å². The molecule has 0 amide bonds. The molecule has 0 unspecified atom stereocenters. The molecular weight excluding hydrogens is 402 g/mol. The van der Waals surface area contributed by atoms with Crippen LogP contribution in [0.2, 0.25) is 0 Å². The molecule has 0 aromatic rings. The predicted molar refractivity (Wildman–Crippen MR) is 68.4 cm³/mol. The van der Waals surface area contributed by atoms with Gasteiger partial charge in [-0.15, -0.1) is 0 Å². The Morgan fingerprint density at radius 2 is 0.739 bits per heavy atom. The van der Waals surface area contributed by atoms with Crippen molar-refractivity contribution < 1.29 is 73.7 Å². The van der Waals surface area contributed by atoms with Crippen LogP contribution in [0.25, 0.3) is 0 Å². The number of carbonyl (C=O) groups is 4. The molecule has 0 heterocycles. The van der Waals surface area contributed by atoms with Crippen LogP contribution >= 0.6 is 0 Å². The number of aliphatic carboxylic acids is 4. The van der Waals surface area contributed by atoms with E-state index >= 15 is 0 Å². The summed E-state index contributed by atoms with van der Waals surface area (Å²) in [6.45, 7) is -2.25. The van der Waals surface area contributed by atoms with Crippen LogP contribution in [0.3, 0.4) is 0 Å². The Balaban J connectivity index is -0.000000602. The van der Waals surface area contributed by atoms with E-state index in [2.05, 4.69) is 0 Å². The molecule has 0 aromatic heterocycles. The molecule has 0 atom stereocenters. The molecule has 0 fully saturated rings. The molecule has 0 aliphatic carbocycles. The van der Waals surface area contributed by atoms with Crippen LogP contribution in [0.15, 0.2) is 0 Å². The topological polar surface area (TPSA) is 191 Å². The Morgan fingerprint density at radius 1 is 0.565 bits per heavy atom. The molecule has 0 bridgehead atoms. The van der Waals surface area contributed by atoms with Crippen molar-refractivity contribution in [2.75, 3.05) is 39.3 Å². The van der Waals surface area contributed by atoms with Crippen LogP contribution in [-0.2, 0) is 53.3 Å². The first-order valence-corrected chi connectivity index (χ1v) is 5.52. The smallest absolute Gasteiger partial charge is 0.317 e. The fourth-order valence-electron chi connectivity index (χ4n) is 1.48. The summed E-state index contributed by atoms with van der Waals surface area (Å²) in [7, 11) is 0. The van der Waals surface area contributed by atoms with Crippen molar-refractivity contribution in [2.24, 2.45) is 0 Å². The van der Waals surface area contributed by atoms with Crippen LogP contribution < -0.4 is 6.15 Å². The van der Waals surface area contributed by atoms with Crippen molar-refractivity contribution >= 4 is 23.9 Å². The van der Waals surface area contributed by atoms with Gasteiger partial charge in [0, 0.05) is 47.2 Å². The molecule has 7 N–H and O–H groups in total. The van der Waals surface area contributed by atoms with Gasteiger partial charge in [-0.25, -0.2) is 0 Å². The minimum absolute atomic E-state index is 0. The van der Waals surface area contributed by atoms with E-state index in [0.717, 1.165) is 9.80 Å². The molecule has 0 saturated carbocycles. The summed E-state index contributed by atoms with van der Waals surface area (Å²) in [6.07, 6.45) is 0. The van der Waals surface area contributed by atoms with Gasteiger partial charge in [-0.3, -0.25) is 29.0 Å². The quantitative estimate of drug-likeness (QED) is 0.234. The van der Waals surface area contributed by atoms with E-state index in [0.29, 0.717) is 0 Å². The van der Waals surface area contributed by atoms with Gasteiger partial charge in [-0.2, -0.15) is 0 Å². The minimum atomic E-state index is -1.23. The number of carboxylic acids is 4. The zero-order valence-corrected chi connectivity index (χ0v) is 14.2. The van der Waals surface area contributed by atoms with Crippen LogP contribution in [0.5, 0.6) is 0 Å². The van der Waals surface area contributed by atoms with Crippen molar-refractivity contribution in [2.45, 2.75) is 0 Å². The average Bonchev–Trinajstić information content (AvgIpc) is 2.22. The normalized spacial score (nSPS) is 9.30. The number of carboxylic acid groups (broad SMARTS) is 4. The fraction of sp³-hybridized carbons (Fsp3) is 0.600. The standard InChI is InChI=1S/C10H16N2O8.2Fe.H3N/c13-7(14)3-11(4-8(15)16)1-2-12(5-9(17)18)6-10(19)20;;;/h1-6H2,(H,13,14)(H,15,16)(H,17,18)(H,19,20);;;1H3. The Morgan fingerprint density at radius 3 is 0.870 bits per heavy atom. The third kappa shape index (κ3) is 18.8.